The van der Waals surface area contributed by atoms with E-state index in [4.69, 9.17) is 11.6 Å². The zero-order valence-electron chi connectivity index (χ0n) is 14.9. The molecule has 2 amide bonds. The molecule has 0 saturated heterocycles. The molecule has 0 fully saturated rings. The quantitative estimate of drug-likeness (QED) is 0.381. The van der Waals surface area contributed by atoms with Gasteiger partial charge in [0, 0.05) is 16.3 Å². The maximum absolute atomic E-state index is 12.8. The summed E-state index contributed by atoms with van der Waals surface area (Å²) in [5.74, 6) is -0.984. The van der Waals surface area contributed by atoms with Crippen LogP contribution < -0.4 is 10.6 Å². The number of amides is 2. The summed E-state index contributed by atoms with van der Waals surface area (Å²) < 4.78 is 38.7. The Balaban J connectivity index is 1.55. The number of alkyl halides is 3. The molecule has 1 heterocycles. The molecule has 0 aliphatic heterocycles. The summed E-state index contributed by atoms with van der Waals surface area (Å²) in [6, 6.07) is 10.7. The highest BCUT2D eigenvalue weighted by Gasteiger charge is 2.31. The fourth-order valence-electron chi connectivity index (χ4n) is 2.22. The van der Waals surface area contributed by atoms with Crippen molar-refractivity contribution in [2.75, 3.05) is 16.4 Å². The molecule has 0 aliphatic rings. The van der Waals surface area contributed by atoms with Crippen molar-refractivity contribution in [3.8, 4) is 0 Å². The molecule has 1 aromatic heterocycles. The number of aromatic nitrogens is 2. The first-order chi connectivity index (χ1) is 14.2. The summed E-state index contributed by atoms with van der Waals surface area (Å²) in [6.45, 7) is 0. The monoisotopic (exact) mass is 472 g/mol. The summed E-state index contributed by atoms with van der Waals surface area (Å²) in [6.07, 6.45) is -4.55. The maximum atomic E-state index is 12.8. The average molecular weight is 473 g/mol. The van der Waals surface area contributed by atoms with Crippen LogP contribution in [0.15, 0.2) is 52.9 Å². The minimum absolute atomic E-state index is 0.0444. The van der Waals surface area contributed by atoms with E-state index in [2.05, 4.69) is 20.8 Å². The molecule has 0 saturated carbocycles. The van der Waals surface area contributed by atoms with Gasteiger partial charge in [-0.2, -0.15) is 13.2 Å². The molecule has 0 radical (unpaired) electrons. The van der Waals surface area contributed by atoms with Gasteiger partial charge in [-0.25, -0.2) is 0 Å². The van der Waals surface area contributed by atoms with Crippen molar-refractivity contribution >= 4 is 57.3 Å². The highest BCUT2D eigenvalue weighted by molar-refractivity contribution is 8.01. The SMILES string of the molecule is O=C(CSc1nnc(NC(=O)c2cccc(C(F)(F)F)c2)s1)Nc1cccc(Cl)c1. The van der Waals surface area contributed by atoms with Gasteiger partial charge >= 0.3 is 6.18 Å². The standard InChI is InChI=1S/C18H12ClF3N4O2S2/c19-12-5-2-6-13(8-12)23-14(27)9-29-17-26-25-16(30-17)24-15(28)10-3-1-4-11(7-10)18(20,21)22/h1-8H,9H2,(H,23,27)(H,24,25,28). The number of hydrogen-bond acceptors (Lipinski definition) is 6. The lowest BCUT2D eigenvalue weighted by Crippen LogP contribution is -2.13. The molecular formula is C18H12ClF3N4O2S2. The Labute approximate surface area is 181 Å². The number of benzene rings is 2. The Hall–Kier alpha value is -2.63. The lowest BCUT2D eigenvalue weighted by molar-refractivity contribution is -0.137. The third-order valence-corrected chi connectivity index (χ3v) is 5.72. The van der Waals surface area contributed by atoms with E-state index in [1.807, 2.05) is 0 Å². The van der Waals surface area contributed by atoms with Crippen molar-refractivity contribution in [1.29, 1.82) is 0 Å². The van der Waals surface area contributed by atoms with E-state index in [-0.39, 0.29) is 22.4 Å². The molecule has 0 atom stereocenters. The van der Waals surface area contributed by atoms with Gasteiger partial charge in [-0.15, -0.1) is 10.2 Å². The summed E-state index contributed by atoms with van der Waals surface area (Å²) in [4.78, 5) is 24.2. The van der Waals surface area contributed by atoms with Crippen molar-refractivity contribution < 1.29 is 22.8 Å². The highest BCUT2D eigenvalue weighted by Crippen LogP contribution is 2.30. The van der Waals surface area contributed by atoms with Gasteiger partial charge in [0.15, 0.2) is 4.34 Å². The molecule has 0 aliphatic carbocycles. The van der Waals surface area contributed by atoms with Gasteiger partial charge in [-0.1, -0.05) is 46.8 Å². The van der Waals surface area contributed by atoms with Crippen LogP contribution in [0.4, 0.5) is 24.0 Å². The lowest BCUT2D eigenvalue weighted by Gasteiger charge is -2.08. The van der Waals surface area contributed by atoms with Crippen LogP contribution in [0.5, 0.6) is 0 Å². The minimum Gasteiger partial charge on any atom is -0.325 e. The highest BCUT2D eigenvalue weighted by atomic mass is 35.5. The number of carbonyl (C=O) groups is 2. The van der Waals surface area contributed by atoms with Crippen LogP contribution in [0.1, 0.15) is 15.9 Å². The van der Waals surface area contributed by atoms with Gasteiger partial charge in [-0.05, 0) is 36.4 Å². The predicted octanol–water partition coefficient (Wildman–Crippen LogP) is 5.19. The molecule has 0 bridgehead atoms. The Morgan fingerprint density at radius 3 is 2.57 bits per heavy atom. The number of hydrogen-bond donors (Lipinski definition) is 2. The van der Waals surface area contributed by atoms with Crippen LogP contribution in [0, 0.1) is 0 Å². The summed E-state index contributed by atoms with van der Waals surface area (Å²) in [5, 5.41) is 13.3. The van der Waals surface area contributed by atoms with E-state index in [9.17, 15) is 22.8 Å². The Kier molecular flexibility index (Phi) is 6.95. The largest absolute Gasteiger partial charge is 0.416 e. The molecule has 3 aromatic rings. The lowest BCUT2D eigenvalue weighted by atomic mass is 10.1. The molecule has 2 aromatic carbocycles. The van der Waals surface area contributed by atoms with Crippen LogP contribution in [0.25, 0.3) is 0 Å². The van der Waals surface area contributed by atoms with Gasteiger partial charge in [0.05, 0.1) is 11.3 Å². The fraction of sp³-hybridized carbons (Fsp3) is 0.111. The van der Waals surface area contributed by atoms with E-state index in [1.54, 1.807) is 24.3 Å². The second-order valence-electron chi connectivity index (χ2n) is 5.75. The molecule has 156 valence electrons. The van der Waals surface area contributed by atoms with Crippen molar-refractivity contribution in [2.24, 2.45) is 0 Å². The number of anilines is 2. The average Bonchev–Trinajstić information content (AvgIpc) is 3.13. The van der Waals surface area contributed by atoms with Gasteiger partial charge in [0.2, 0.25) is 11.0 Å². The van der Waals surface area contributed by atoms with E-state index < -0.39 is 17.6 Å². The first-order valence-electron chi connectivity index (χ1n) is 8.21. The van der Waals surface area contributed by atoms with E-state index in [0.717, 1.165) is 41.3 Å². The third kappa shape index (κ3) is 6.18. The van der Waals surface area contributed by atoms with E-state index in [1.165, 1.54) is 6.07 Å². The van der Waals surface area contributed by atoms with E-state index >= 15 is 0 Å². The zero-order chi connectivity index (χ0) is 21.7. The number of nitrogens with zero attached hydrogens (tertiary/aromatic N) is 2. The van der Waals surface area contributed by atoms with Gasteiger partial charge < -0.3 is 5.32 Å². The van der Waals surface area contributed by atoms with Crippen LogP contribution in [0.3, 0.4) is 0 Å². The van der Waals surface area contributed by atoms with Gasteiger partial charge in [0.25, 0.3) is 5.91 Å². The van der Waals surface area contributed by atoms with Crippen LogP contribution >= 0.6 is 34.7 Å². The van der Waals surface area contributed by atoms with Crippen molar-refractivity contribution in [2.45, 2.75) is 10.5 Å². The molecule has 3 rings (SSSR count). The number of rotatable bonds is 6. The van der Waals surface area contributed by atoms with Crippen LogP contribution in [0.2, 0.25) is 5.02 Å². The van der Waals surface area contributed by atoms with Crippen LogP contribution in [-0.4, -0.2) is 27.8 Å². The molecule has 0 spiro atoms. The Morgan fingerprint density at radius 2 is 1.83 bits per heavy atom. The summed E-state index contributed by atoms with van der Waals surface area (Å²) >= 11 is 7.96. The first-order valence-corrected chi connectivity index (χ1v) is 10.4. The smallest absolute Gasteiger partial charge is 0.325 e. The molecule has 0 unspecified atom stereocenters. The molecule has 30 heavy (non-hydrogen) atoms. The van der Waals surface area contributed by atoms with Crippen molar-refractivity contribution in [3.63, 3.8) is 0 Å². The molecular weight excluding hydrogens is 461 g/mol. The number of thioether (sulfide) groups is 1. The van der Waals surface area contributed by atoms with Gasteiger partial charge in [-0.3, -0.25) is 14.9 Å². The van der Waals surface area contributed by atoms with Crippen molar-refractivity contribution in [3.05, 3.63) is 64.7 Å². The molecule has 12 heteroatoms. The Bertz CT molecular complexity index is 1080. The number of nitrogens with one attached hydrogen (secondary N) is 2. The normalized spacial score (nSPS) is 11.2. The van der Waals surface area contributed by atoms with Gasteiger partial charge in [0.1, 0.15) is 0 Å². The number of carbonyl (C=O) groups excluding carboxylic acids is 2. The van der Waals surface area contributed by atoms with E-state index in [0.29, 0.717) is 15.0 Å². The second-order valence-corrected chi connectivity index (χ2v) is 8.39. The minimum atomic E-state index is -4.55. The van der Waals surface area contributed by atoms with Crippen LogP contribution in [-0.2, 0) is 11.0 Å². The first kappa shape index (κ1) is 22.1. The Morgan fingerprint density at radius 1 is 1.07 bits per heavy atom. The molecule has 6 nitrogen and oxygen atoms in total. The topological polar surface area (TPSA) is 84.0 Å². The zero-order valence-corrected chi connectivity index (χ0v) is 17.3. The summed E-state index contributed by atoms with van der Waals surface area (Å²) in [5.41, 5.74) is -0.524. The second kappa shape index (κ2) is 9.45. The maximum Gasteiger partial charge on any atom is 0.416 e. The summed E-state index contributed by atoms with van der Waals surface area (Å²) in [7, 11) is 0. The van der Waals surface area contributed by atoms with Crippen molar-refractivity contribution in [1.82, 2.24) is 10.2 Å². The molecule has 2 N–H and O–H groups in total. The fourth-order valence-corrected chi connectivity index (χ4v) is 3.95. The number of halogens is 4. The third-order valence-electron chi connectivity index (χ3n) is 3.51. The predicted molar refractivity (Wildman–Crippen MR) is 110 cm³/mol.